The summed E-state index contributed by atoms with van der Waals surface area (Å²) in [5.41, 5.74) is 0. The summed E-state index contributed by atoms with van der Waals surface area (Å²) in [6.07, 6.45) is 4.68. The molecule has 92 valence electrons. The summed E-state index contributed by atoms with van der Waals surface area (Å²) < 4.78 is 0. The van der Waals surface area contributed by atoms with E-state index < -0.39 is 0 Å². The molecule has 0 aliphatic rings. The highest BCUT2D eigenvalue weighted by Gasteiger charge is 2.14. The van der Waals surface area contributed by atoms with Crippen molar-refractivity contribution in [2.24, 2.45) is 11.8 Å². The van der Waals surface area contributed by atoms with Gasteiger partial charge in [0.15, 0.2) is 0 Å². The Morgan fingerprint density at radius 1 is 1.13 bits per heavy atom. The molecule has 0 aromatic heterocycles. The fourth-order valence-electron chi connectivity index (χ4n) is 2.08. The third kappa shape index (κ3) is 6.91. The van der Waals surface area contributed by atoms with E-state index in [0.717, 1.165) is 18.9 Å². The minimum atomic E-state index is 0.310. The molecule has 0 aromatic rings. The molecule has 0 bridgehead atoms. The summed E-state index contributed by atoms with van der Waals surface area (Å²) in [6, 6.07) is 0.645. The fraction of sp³-hybridized carbons (Fsp3) is 1.00. The van der Waals surface area contributed by atoms with Crippen molar-refractivity contribution >= 4 is 0 Å². The number of rotatable bonds is 9. The van der Waals surface area contributed by atoms with Crippen molar-refractivity contribution in [3.8, 4) is 0 Å². The number of hydrogen-bond acceptors (Lipinski definition) is 2. The number of nitrogens with one attached hydrogen (secondary N) is 1. The first-order chi connectivity index (χ1) is 7.15. The maximum atomic E-state index is 8.82. The highest BCUT2D eigenvalue weighted by atomic mass is 16.3. The molecule has 2 heteroatoms. The van der Waals surface area contributed by atoms with Crippen molar-refractivity contribution in [2.45, 2.75) is 59.4 Å². The van der Waals surface area contributed by atoms with E-state index in [1.807, 2.05) is 0 Å². The van der Waals surface area contributed by atoms with E-state index in [2.05, 4.69) is 33.0 Å². The van der Waals surface area contributed by atoms with Crippen LogP contribution in [-0.4, -0.2) is 24.3 Å². The molecular weight excluding hydrogens is 186 g/mol. The normalized spacial score (nSPS) is 17.4. The summed E-state index contributed by atoms with van der Waals surface area (Å²) in [4.78, 5) is 0. The van der Waals surface area contributed by atoms with Gasteiger partial charge in [0.2, 0.25) is 0 Å². The Bertz CT molecular complexity index is 138. The van der Waals surface area contributed by atoms with Gasteiger partial charge in [-0.15, -0.1) is 0 Å². The Morgan fingerprint density at radius 3 is 2.27 bits per heavy atom. The van der Waals surface area contributed by atoms with Gasteiger partial charge in [-0.1, -0.05) is 34.1 Å². The molecule has 15 heavy (non-hydrogen) atoms. The average molecular weight is 215 g/mol. The molecule has 2 N–H and O–H groups in total. The first-order valence-electron chi connectivity index (χ1n) is 6.49. The van der Waals surface area contributed by atoms with Crippen molar-refractivity contribution in [1.82, 2.24) is 5.32 Å². The predicted octanol–water partition coefficient (Wildman–Crippen LogP) is 2.81. The van der Waals surface area contributed by atoms with Crippen LogP contribution in [-0.2, 0) is 0 Å². The van der Waals surface area contributed by atoms with Crippen LogP contribution in [0.4, 0.5) is 0 Å². The van der Waals surface area contributed by atoms with E-state index >= 15 is 0 Å². The van der Waals surface area contributed by atoms with Crippen LogP contribution in [0.2, 0.25) is 0 Å². The van der Waals surface area contributed by atoms with Gasteiger partial charge < -0.3 is 10.4 Å². The second-order valence-corrected chi connectivity index (χ2v) is 4.81. The SMILES string of the molecule is CCCC(C)C(CC)NCC(C)CCO. The van der Waals surface area contributed by atoms with Gasteiger partial charge in [-0.05, 0) is 37.6 Å². The molecule has 0 saturated carbocycles. The lowest BCUT2D eigenvalue weighted by Gasteiger charge is -2.25. The first kappa shape index (κ1) is 14.9. The standard InChI is InChI=1S/C13H29NO/c1-5-7-12(4)13(6-2)14-10-11(3)8-9-15/h11-15H,5-10H2,1-4H3. The first-order valence-corrected chi connectivity index (χ1v) is 6.49. The van der Waals surface area contributed by atoms with E-state index in [9.17, 15) is 0 Å². The van der Waals surface area contributed by atoms with E-state index in [-0.39, 0.29) is 0 Å². The quantitative estimate of drug-likeness (QED) is 0.620. The number of aliphatic hydroxyl groups is 1. The van der Waals surface area contributed by atoms with Crippen molar-refractivity contribution in [3.63, 3.8) is 0 Å². The summed E-state index contributed by atoms with van der Waals surface area (Å²) in [7, 11) is 0. The van der Waals surface area contributed by atoms with Crippen LogP contribution in [0.5, 0.6) is 0 Å². The van der Waals surface area contributed by atoms with Crippen molar-refractivity contribution in [2.75, 3.05) is 13.2 Å². The molecule has 0 heterocycles. The lowest BCUT2D eigenvalue weighted by atomic mass is 9.94. The van der Waals surface area contributed by atoms with E-state index in [0.29, 0.717) is 18.6 Å². The van der Waals surface area contributed by atoms with Crippen LogP contribution in [0.25, 0.3) is 0 Å². The van der Waals surface area contributed by atoms with Gasteiger partial charge in [-0.25, -0.2) is 0 Å². The molecule has 0 aliphatic carbocycles. The van der Waals surface area contributed by atoms with Gasteiger partial charge >= 0.3 is 0 Å². The molecule has 2 nitrogen and oxygen atoms in total. The van der Waals surface area contributed by atoms with Crippen LogP contribution < -0.4 is 5.32 Å². The number of aliphatic hydroxyl groups excluding tert-OH is 1. The lowest BCUT2D eigenvalue weighted by Crippen LogP contribution is -2.37. The summed E-state index contributed by atoms with van der Waals surface area (Å²) in [5, 5.41) is 12.5. The molecule has 0 aromatic carbocycles. The Kier molecular flexibility index (Phi) is 9.12. The third-order valence-electron chi connectivity index (χ3n) is 3.22. The molecular formula is C13H29NO. The topological polar surface area (TPSA) is 32.3 Å². The summed E-state index contributed by atoms with van der Waals surface area (Å²) in [5.74, 6) is 1.35. The number of hydrogen-bond donors (Lipinski definition) is 2. The Hall–Kier alpha value is -0.0800. The molecule has 0 rings (SSSR count). The van der Waals surface area contributed by atoms with Gasteiger partial charge in [-0.2, -0.15) is 0 Å². The monoisotopic (exact) mass is 215 g/mol. The van der Waals surface area contributed by atoms with Gasteiger partial charge in [0, 0.05) is 12.6 Å². The smallest absolute Gasteiger partial charge is 0.0434 e. The van der Waals surface area contributed by atoms with E-state index in [1.165, 1.54) is 19.3 Å². The van der Waals surface area contributed by atoms with Crippen LogP contribution in [0.15, 0.2) is 0 Å². The Labute approximate surface area is 95.5 Å². The van der Waals surface area contributed by atoms with Gasteiger partial charge in [-0.3, -0.25) is 0 Å². The highest BCUT2D eigenvalue weighted by molar-refractivity contribution is 4.72. The van der Waals surface area contributed by atoms with Crippen molar-refractivity contribution in [1.29, 1.82) is 0 Å². The predicted molar refractivity (Wildman–Crippen MR) is 67.0 cm³/mol. The van der Waals surface area contributed by atoms with Crippen molar-refractivity contribution < 1.29 is 5.11 Å². The lowest BCUT2D eigenvalue weighted by molar-refractivity contribution is 0.251. The summed E-state index contributed by atoms with van der Waals surface area (Å²) >= 11 is 0. The second kappa shape index (κ2) is 9.17. The fourth-order valence-corrected chi connectivity index (χ4v) is 2.08. The molecule has 0 spiro atoms. The minimum absolute atomic E-state index is 0.310. The van der Waals surface area contributed by atoms with E-state index in [1.54, 1.807) is 0 Å². The zero-order chi connectivity index (χ0) is 11.7. The third-order valence-corrected chi connectivity index (χ3v) is 3.22. The largest absolute Gasteiger partial charge is 0.396 e. The Morgan fingerprint density at radius 2 is 1.80 bits per heavy atom. The van der Waals surface area contributed by atoms with Gasteiger partial charge in [0.1, 0.15) is 0 Å². The average Bonchev–Trinajstić information content (AvgIpc) is 2.19. The van der Waals surface area contributed by atoms with Crippen LogP contribution in [0, 0.1) is 11.8 Å². The zero-order valence-electron chi connectivity index (χ0n) is 10.9. The maximum absolute atomic E-state index is 8.82. The highest BCUT2D eigenvalue weighted by Crippen LogP contribution is 2.13. The minimum Gasteiger partial charge on any atom is -0.396 e. The molecule has 3 unspecified atom stereocenters. The van der Waals surface area contributed by atoms with Crippen LogP contribution in [0.3, 0.4) is 0 Å². The maximum Gasteiger partial charge on any atom is 0.0434 e. The second-order valence-electron chi connectivity index (χ2n) is 4.81. The van der Waals surface area contributed by atoms with E-state index in [4.69, 9.17) is 5.11 Å². The molecule has 0 amide bonds. The van der Waals surface area contributed by atoms with Gasteiger partial charge in [0.25, 0.3) is 0 Å². The molecule has 0 saturated heterocycles. The van der Waals surface area contributed by atoms with Gasteiger partial charge in [0.05, 0.1) is 0 Å². The Balaban J connectivity index is 3.78. The van der Waals surface area contributed by atoms with Crippen LogP contribution in [0.1, 0.15) is 53.4 Å². The molecule has 0 fully saturated rings. The van der Waals surface area contributed by atoms with Crippen LogP contribution >= 0.6 is 0 Å². The molecule has 0 radical (unpaired) electrons. The molecule has 0 aliphatic heterocycles. The summed E-state index contributed by atoms with van der Waals surface area (Å²) in [6.45, 7) is 10.4. The van der Waals surface area contributed by atoms with Crippen molar-refractivity contribution in [3.05, 3.63) is 0 Å². The molecule has 3 atom stereocenters. The zero-order valence-corrected chi connectivity index (χ0v) is 10.9.